The van der Waals surface area contributed by atoms with Gasteiger partial charge in [0.2, 0.25) is 0 Å². The Morgan fingerprint density at radius 1 is 0.879 bits per heavy atom. The third-order valence-corrected chi connectivity index (χ3v) is 8.74. The van der Waals surface area contributed by atoms with Crippen molar-refractivity contribution in [3.8, 4) is 0 Å². The van der Waals surface area contributed by atoms with Crippen LogP contribution in [0.2, 0.25) is 0 Å². The van der Waals surface area contributed by atoms with Crippen molar-refractivity contribution >= 4 is 34.8 Å². The van der Waals surface area contributed by atoms with E-state index in [1.54, 1.807) is 0 Å². The lowest BCUT2D eigenvalue weighted by atomic mass is 9.82. The van der Waals surface area contributed by atoms with E-state index in [0.717, 1.165) is 70.8 Å². The summed E-state index contributed by atoms with van der Waals surface area (Å²) in [7, 11) is 0. The number of likely N-dealkylation sites (tertiary alicyclic amines) is 1. The number of hydrogen-bond donors (Lipinski definition) is 0. The van der Waals surface area contributed by atoms with Gasteiger partial charge in [0.15, 0.2) is 5.78 Å². The van der Waals surface area contributed by atoms with Crippen LogP contribution in [0.25, 0.3) is 0 Å². The Kier molecular flexibility index (Phi) is 9.32. The van der Waals surface area contributed by atoms with E-state index >= 15 is 0 Å². The fourth-order valence-corrected chi connectivity index (χ4v) is 6.28. The number of ether oxygens (including phenoxy) is 1. The number of halogens is 2. The lowest BCUT2D eigenvalue weighted by Crippen LogP contribution is -2.42. The number of alkyl halides is 1. The molecule has 0 aromatic rings. The van der Waals surface area contributed by atoms with Crippen LogP contribution in [-0.4, -0.2) is 65.3 Å². The summed E-state index contributed by atoms with van der Waals surface area (Å²) in [4.78, 5) is 29.6. The van der Waals surface area contributed by atoms with Crippen molar-refractivity contribution in [2.24, 2.45) is 11.8 Å². The molecule has 0 N–H and O–H groups in total. The minimum Gasteiger partial charge on any atom is -0.375 e. The molecule has 7 heteroatoms. The van der Waals surface area contributed by atoms with Crippen LogP contribution in [0.1, 0.15) is 70.6 Å². The van der Waals surface area contributed by atoms with E-state index in [-0.39, 0.29) is 29.5 Å². The van der Waals surface area contributed by atoms with E-state index in [1.807, 2.05) is 23.1 Å². The van der Waals surface area contributed by atoms with Crippen molar-refractivity contribution in [2.45, 2.75) is 88.3 Å². The van der Waals surface area contributed by atoms with Crippen molar-refractivity contribution in [1.82, 2.24) is 9.80 Å². The zero-order chi connectivity index (χ0) is 23.2. The van der Waals surface area contributed by atoms with Gasteiger partial charge in [-0.05, 0) is 76.7 Å². The first-order valence-corrected chi connectivity index (χ1v) is 13.7. The third kappa shape index (κ3) is 7.06. The van der Waals surface area contributed by atoms with Crippen molar-refractivity contribution in [3.05, 3.63) is 23.4 Å². The van der Waals surface area contributed by atoms with Gasteiger partial charge in [0.25, 0.3) is 0 Å². The Morgan fingerprint density at radius 2 is 1.48 bits per heavy atom. The number of allylic oxidation sites excluding steroid dienone is 2. The van der Waals surface area contributed by atoms with Gasteiger partial charge in [-0.1, -0.05) is 23.8 Å². The van der Waals surface area contributed by atoms with Crippen LogP contribution in [-0.2, 0) is 14.3 Å². The zero-order valence-electron chi connectivity index (χ0n) is 19.6. The molecule has 2 heterocycles. The fourth-order valence-electron chi connectivity index (χ4n) is 5.76. The topological polar surface area (TPSA) is 49.9 Å². The van der Waals surface area contributed by atoms with Gasteiger partial charge in [-0.15, -0.1) is 11.6 Å². The second-order valence-electron chi connectivity index (χ2n) is 10.2. The molecule has 1 unspecified atom stereocenters. The number of carbonyl (C=O) groups excluding carboxylic acids is 2. The standard InChI is InChI=1S/C26H38Cl2N2O3/c27-25-5-1-3-15-29(25)17-23(31)19-7-11-21(12-8-19)33-22-13-9-20(10-14-22)24(32)18-30-16-4-2-6-26(30)28/h1,3,5,19-22,26H,2,4,6-18H2. The zero-order valence-corrected chi connectivity index (χ0v) is 21.1. The van der Waals surface area contributed by atoms with Crippen molar-refractivity contribution in [2.75, 3.05) is 26.2 Å². The van der Waals surface area contributed by atoms with Gasteiger partial charge in [-0.3, -0.25) is 14.5 Å². The molecule has 5 nitrogen and oxygen atoms in total. The molecule has 1 atom stereocenters. The smallest absolute Gasteiger partial charge is 0.155 e. The number of Topliss-reactive ketones (excluding diaryl/α,β-unsaturated/α-hetero) is 2. The largest absolute Gasteiger partial charge is 0.375 e. The normalized spacial score (nSPS) is 33.6. The van der Waals surface area contributed by atoms with E-state index in [0.29, 0.717) is 36.4 Å². The number of carbonyl (C=O) groups is 2. The quantitative estimate of drug-likeness (QED) is 0.338. The summed E-state index contributed by atoms with van der Waals surface area (Å²) < 4.78 is 6.42. The number of rotatable bonds is 8. The number of ketones is 2. The van der Waals surface area contributed by atoms with Crippen molar-refractivity contribution in [3.63, 3.8) is 0 Å². The summed E-state index contributed by atoms with van der Waals surface area (Å²) in [6.45, 7) is 2.56. The molecule has 2 aliphatic carbocycles. The molecule has 184 valence electrons. The number of piperidine rings is 1. The third-order valence-electron chi connectivity index (χ3n) is 7.88. The molecule has 4 aliphatic rings. The van der Waals surface area contributed by atoms with E-state index in [2.05, 4.69) is 4.90 Å². The molecule has 4 rings (SSSR count). The summed E-state index contributed by atoms with van der Waals surface area (Å²) in [6, 6.07) is 0. The molecular weight excluding hydrogens is 459 g/mol. The second kappa shape index (κ2) is 12.2. The van der Waals surface area contributed by atoms with Gasteiger partial charge in [0, 0.05) is 24.9 Å². The van der Waals surface area contributed by atoms with Crippen LogP contribution in [0, 0.1) is 11.8 Å². The highest BCUT2D eigenvalue weighted by molar-refractivity contribution is 6.29. The summed E-state index contributed by atoms with van der Waals surface area (Å²) in [5, 5.41) is 0.648. The van der Waals surface area contributed by atoms with E-state index in [4.69, 9.17) is 27.9 Å². The Balaban J connectivity index is 1.13. The highest BCUT2D eigenvalue weighted by Crippen LogP contribution is 2.33. The lowest BCUT2D eigenvalue weighted by molar-refractivity contribution is -0.128. The molecule has 0 amide bonds. The predicted octanol–water partition coefficient (Wildman–Crippen LogP) is 5.26. The molecule has 0 aromatic heterocycles. The molecule has 2 saturated carbocycles. The Morgan fingerprint density at radius 3 is 2.06 bits per heavy atom. The Bertz CT molecular complexity index is 740. The number of nitrogens with zero attached hydrogens (tertiary/aromatic N) is 2. The molecule has 0 radical (unpaired) electrons. The monoisotopic (exact) mass is 496 g/mol. The molecule has 0 spiro atoms. The van der Waals surface area contributed by atoms with Crippen LogP contribution in [0.4, 0.5) is 0 Å². The van der Waals surface area contributed by atoms with E-state index < -0.39 is 0 Å². The average molecular weight is 498 g/mol. The maximum absolute atomic E-state index is 12.8. The SMILES string of the molecule is O=C(CN1CC=CC=C1Cl)C1CCC(OC2CCC(C(=O)CN3CCCCC3Cl)CC2)CC1. The van der Waals surface area contributed by atoms with Crippen molar-refractivity contribution in [1.29, 1.82) is 0 Å². The lowest BCUT2D eigenvalue weighted by Gasteiger charge is -2.36. The Hall–Kier alpha value is -0.880. The molecule has 1 saturated heterocycles. The minimum absolute atomic E-state index is 0.0227. The highest BCUT2D eigenvalue weighted by Gasteiger charge is 2.33. The van der Waals surface area contributed by atoms with Crippen LogP contribution in [0.3, 0.4) is 0 Å². The highest BCUT2D eigenvalue weighted by atomic mass is 35.5. The maximum atomic E-state index is 12.8. The second-order valence-corrected chi connectivity index (χ2v) is 11.1. The van der Waals surface area contributed by atoms with Crippen LogP contribution < -0.4 is 0 Å². The summed E-state index contributed by atoms with van der Waals surface area (Å²) in [5.74, 6) is 0.935. The maximum Gasteiger partial charge on any atom is 0.155 e. The van der Waals surface area contributed by atoms with Crippen LogP contribution in [0.15, 0.2) is 23.4 Å². The van der Waals surface area contributed by atoms with Gasteiger partial charge < -0.3 is 9.64 Å². The molecular formula is C26H38Cl2N2O3. The first-order chi connectivity index (χ1) is 16.0. The number of hydrogen-bond acceptors (Lipinski definition) is 5. The summed E-state index contributed by atoms with van der Waals surface area (Å²) in [5.41, 5.74) is 0.0227. The predicted molar refractivity (Wildman–Crippen MR) is 132 cm³/mol. The molecule has 33 heavy (non-hydrogen) atoms. The van der Waals surface area contributed by atoms with Gasteiger partial charge in [-0.2, -0.15) is 0 Å². The fraction of sp³-hybridized carbons (Fsp3) is 0.769. The van der Waals surface area contributed by atoms with Crippen LogP contribution >= 0.6 is 23.2 Å². The van der Waals surface area contributed by atoms with Gasteiger partial charge in [0.1, 0.15) is 10.9 Å². The first-order valence-electron chi connectivity index (χ1n) is 12.9. The minimum atomic E-state index is 0.0227. The van der Waals surface area contributed by atoms with Gasteiger partial charge >= 0.3 is 0 Å². The molecule has 0 bridgehead atoms. The Labute approximate surface area is 208 Å². The van der Waals surface area contributed by atoms with Gasteiger partial charge in [-0.25, -0.2) is 0 Å². The van der Waals surface area contributed by atoms with Crippen LogP contribution in [0.5, 0.6) is 0 Å². The summed E-state index contributed by atoms with van der Waals surface area (Å²) >= 11 is 12.6. The molecule has 3 fully saturated rings. The average Bonchev–Trinajstić information content (AvgIpc) is 2.83. The first kappa shape index (κ1) is 25.2. The van der Waals surface area contributed by atoms with Crippen molar-refractivity contribution < 1.29 is 14.3 Å². The van der Waals surface area contributed by atoms with Gasteiger partial charge in [0.05, 0.1) is 30.8 Å². The molecule has 0 aromatic carbocycles. The van der Waals surface area contributed by atoms with E-state index in [1.165, 1.54) is 6.42 Å². The summed E-state index contributed by atoms with van der Waals surface area (Å²) in [6.07, 6.45) is 17.1. The van der Waals surface area contributed by atoms with E-state index in [9.17, 15) is 9.59 Å². The molecule has 2 aliphatic heterocycles.